The Morgan fingerprint density at radius 1 is 1.47 bits per heavy atom. The average molecular weight is 206 g/mol. The fourth-order valence-corrected chi connectivity index (χ4v) is 1.04. The number of nitro groups is 1. The molecule has 1 N–H and O–H groups in total. The van der Waals surface area contributed by atoms with Crippen molar-refractivity contribution in [2.24, 2.45) is 0 Å². The third-order valence-corrected chi connectivity index (χ3v) is 1.79. The maximum Gasteiger partial charge on any atom is 0.276 e. The predicted molar refractivity (Wildman–Crippen MR) is 56.2 cm³/mol. The first-order chi connectivity index (χ1) is 7.15. The van der Waals surface area contributed by atoms with Crippen LogP contribution in [0.2, 0.25) is 0 Å². The van der Waals surface area contributed by atoms with Crippen molar-refractivity contribution in [3.8, 4) is 0 Å². The normalized spacial score (nSPS) is 10.2. The highest BCUT2D eigenvalue weighted by atomic mass is 16.6. The van der Waals surface area contributed by atoms with Crippen LogP contribution in [0.3, 0.4) is 0 Å². The van der Waals surface area contributed by atoms with Gasteiger partial charge in [0.15, 0.2) is 0 Å². The fraction of sp³-hybridized carbons (Fsp3) is 0.100. The van der Waals surface area contributed by atoms with E-state index in [-0.39, 0.29) is 11.6 Å². The van der Waals surface area contributed by atoms with Gasteiger partial charge in [0.1, 0.15) is 0 Å². The van der Waals surface area contributed by atoms with E-state index < -0.39 is 4.92 Å². The first-order valence-electron chi connectivity index (χ1n) is 4.28. The van der Waals surface area contributed by atoms with Crippen LogP contribution in [0.1, 0.15) is 5.56 Å². The summed E-state index contributed by atoms with van der Waals surface area (Å²) in [5.41, 5.74) is 0.392. The maximum atomic E-state index is 10.9. The maximum absolute atomic E-state index is 10.9. The molecule has 0 atom stereocenters. The Hall–Kier alpha value is -2.17. The van der Waals surface area contributed by atoms with Crippen molar-refractivity contribution in [3.05, 3.63) is 46.0 Å². The van der Waals surface area contributed by atoms with E-state index in [0.29, 0.717) is 5.56 Å². The quantitative estimate of drug-likeness (QED) is 0.461. The summed E-state index contributed by atoms with van der Waals surface area (Å²) in [7, 11) is 1.49. The number of nitrogens with one attached hydrogen (secondary N) is 1. The van der Waals surface area contributed by atoms with Gasteiger partial charge in [0.05, 0.1) is 10.5 Å². The van der Waals surface area contributed by atoms with Crippen LogP contribution >= 0.6 is 0 Å². The van der Waals surface area contributed by atoms with Crippen molar-refractivity contribution >= 4 is 17.7 Å². The van der Waals surface area contributed by atoms with Gasteiger partial charge in [-0.1, -0.05) is 12.1 Å². The number of amides is 1. The van der Waals surface area contributed by atoms with Gasteiger partial charge in [0.25, 0.3) is 5.69 Å². The third kappa shape index (κ3) is 2.91. The lowest BCUT2D eigenvalue weighted by molar-refractivity contribution is -0.385. The van der Waals surface area contributed by atoms with Crippen LogP contribution in [-0.4, -0.2) is 17.9 Å². The van der Waals surface area contributed by atoms with Crippen LogP contribution in [0.15, 0.2) is 30.3 Å². The summed E-state index contributed by atoms with van der Waals surface area (Å²) in [5.74, 6) is -0.298. The van der Waals surface area contributed by atoms with Gasteiger partial charge in [0, 0.05) is 19.2 Å². The molecule has 0 radical (unpaired) electrons. The van der Waals surface area contributed by atoms with Crippen LogP contribution in [0.4, 0.5) is 5.69 Å². The zero-order valence-corrected chi connectivity index (χ0v) is 8.14. The number of nitrogens with zero attached hydrogens (tertiary/aromatic N) is 1. The molecule has 1 amide bonds. The summed E-state index contributed by atoms with van der Waals surface area (Å²) in [4.78, 5) is 21.0. The second-order valence-corrected chi connectivity index (χ2v) is 2.76. The minimum atomic E-state index is -0.483. The predicted octanol–water partition coefficient (Wildman–Crippen LogP) is 1.35. The highest BCUT2D eigenvalue weighted by molar-refractivity contribution is 5.92. The zero-order valence-electron chi connectivity index (χ0n) is 8.14. The Kier molecular flexibility index (Phi) is 3.56. The van der Waals surface area contributed by atoms with Gasteiger partial charge in [0.2, 0.25) is 5.91 Å². The minimum Gasteiger partial charge on any atom is -0.356 e. The molecule has 5 heteroatoms. The van der Waals surface area contributed by atoms with Crippen LogP contribution < -0.4 is 5.32 Å². The molecule has 0 heterocycles. The molecule has 0 aromatic heterocycles. The topological polar surface area (TPSA) is 72.2 Å². The summed E-state index contributed by atoms with van der Waals surface area (Å²) in [5, 5.41) is 13.0. The lowest BCUT2D eigenvalue weighted by Crippen LogP contribution is -2.13. The van der Waals surface area contributed by atoms with E-state index in [2.05, 4.69) is 5.32 Å². The van der Waals surface area contributed by atoms with E-state index in [4.69, 9.17) is 0 Å². The molecule has 0 fully saturated rings. The summed E-state index contributed by atoms with van der Waals surface area (Å²) in [6.45, 7) is 0. The highest BCUT2D eigenvalue weighted by Crippen LogP contribution is 2.18. The van der Waals surface area contributed by atoms with E-state index in [1.807, 2.05) is 0 Å². The molecule has 0 saturated carbocycles. The van der Waals surface area contributed by atoms with Crippen molar-refractivity contribution in [1.29, 1.82) is 0 Å². The van der Waals surface area contributed by atoms with E-state index in [0.717, 1.165) is 0 Å². The van der Waals surface area contributed by atoms with Crippen molar-refractivity contribution in [2.45, 2.75) is 0 Å². The van der Waals surface area contributed by atoms with Crippen LogP contribution in [0, 0.1) is 10.1 Å². The number of hydrogen-bond acceptors (Lipinski definition) is 3. The van der Waals surface area contributed by atoms with E-state index in [9.17, 15) is 14.9 Å². The van der Waals surface area contributed by atoms with E-state index in [1.54, 1.807) is 18.2 Å². The molecule has 0 spiro atoms. The van der Waals surface area contributed by atoms with E-state index >= 15 is 0 Å². The van der Waals surface area contributed by atoms with Crippen molar-refractivity contribution in [3.63, 3.8) is 0 Å². The molecule has 1 rings (SSSR count). The molecular formula is C10H10N2O3. The SMILES string of the molecule is CNC(=O)/C=C/c1ccccc1[N+](=O)[O-]. The van der Waals surface area contributed by atoms with Crippen molar-refractivity contribution in [2.75, 3.05) is 7.05 Å². The molecule has 1 aromatic rings. The fourth-order valence-electron chi connectivity index (χ4n) is 1.04. The van der Waals surface area contributed by atoms with Gasteiger partial charge in [-0.15, -0.1) is 0 Å². The average Bonchev–Trinajstić information content (AvgIpc) is 2.26. The molecule has 0 aliphatic heterocycles. The number of para-hydroxylation sites is 1. The van der Waals surface area contributed by atoms with Gasteiger partial charge < -0.3 is 5.32 Å². The molecule has 1 aromatic carbocycles. The number of likely N-dealkylation sites (N-methyl/N-ethyl adjacent to an activating group) is 1. The molecular weight excluding hydrogens is 196 g/mol. The first-order valence-corrected chi connectivity index (χ1v) is 4.28. The summed E-state index contributed by atoms with van der Waals surface area (Å²) in [6, 6.07) is 6.23. The standard InChI is InChI=1S/C10H10N2O3/c1-11-10(13)7-6-8-4-2-3-5-9(8)12(14)15/h2-7H,1H3,(H,11,13)/b7-6+. The Labute approximate surface area is 86.6 Å². The van der Waals surface area contributed by atoms with Crippen LogP contribution in [0.5, 0.6) is 0 Å². The molecule has 0 aliphatic carbocycles. The molecule has 0 aliphatic rings. The van der Waals surface area contributed by atoms with Gasteiger partial charge in [-0.25, -0.2) is 0 Å². The molecule has 5 nitrogen and oxygen atoms in total. The number of rotatable bonds is 3. The third-order valence-electron chi connectivity index (χ3n) is 1.79. The highest BCUT2D eigenvalue weighted by Gasteiger charge is 2.09. The second-order valence-electron chi connectivity index (χ2n) is 2.76. The van der Waals surface area contributed by atoms with Gasteiger partial charge in [-0.3, -0.25) is 14.9 Å². The molecule has 78 valence electrons. The zero-order chi connectivity index (χ0) is 11.3. The Bertz CT molecular complexity index is 413. The lowest BCUT2D eigenvalue weighted by Gasteiger charge is -1.96. The Balaban J connectivity index is 2.99. The molecule has 0 unspecified atom stereocenters. The monoisotopic (exact) mass is 206 g/mol. The van der Waals surface area contributed by atoms with Crippen LogP contribution in [-0.2, 0) is 4.79 Å². The summed E-state index contributed by atoms with van der Waals surface area (Å²) in [6.07, 6.45) is 2.67. The summed E-state index contributed by atoms with van der Waals surface area (Å²) < 4.78 is 0. The smallest absolute Gasteiger partial charge is 0.276 e. The van der Waals surface area contributed by atoms with Gasteiger partial charge in [-0.2, -0.15) is 0 Å². The molecule has 0 bridgehead atoms. The largest absolute Gasteiger partial charge is 0.356 e. The lowest BCUT2D eigenvalue weighted by atomic mass is 10.1. The Morgan fingerprint density at radius 3 is 2.73 bits per heavy atom. The minimum absolute atomic E-state index is 0.0161. The number of carbonyl (C=O) groups is 1. The van der Waals surface area contributed by atoms with Gasteiger partial charge in [-0.05, 0) is 12.1 Å². The van der Waals surface area contributed by atoms with Crippen LogP contribution in [0.25, 0.3) is 6.08 Å². The van der Waals surface area contributed by atoms with Crippen molar-refractivity contribution < 1.29 is 9.72 Å². The van der Waals surface area contributed by atoms with Crippen molar-refractivity contribution in [1.82, 2.24) is 5.32 Å². The van der Waals surface area contributed by atoms with E-state index in [1.165, 1.54) is 25.3 Å². The second kappa shape index (κ2) is 4.90. The van der Waals surface area contributed by atoms with Gasteiger partial charge >= 0.3 is 0 Å². The number of nitro benzene ring substituents is 1. The number of carbonyl (C=O) groups excluding carboxylic acids is 1. The number of hydrogen-bond donors (Lipinski definition) is 1. The molecule has 0 saturated heterocycles. The Morgan fingerprint density at radius 2 is 2.13 bits per heavy atom. The first kappa shape index (κ1) is 10.9. The molecule has 15 heavy (non-hydrogen) atoms. The number of benzene rings is 1. The summed E-state index contributed by atoms with van der Waals surface area (Å²) >= 11 is 0.